The van der Waals surface area contributed by atoms with Gasteiger partial charge < -0.3 is 4.57 Å². The summed E-state index contributed by atoms with van der Waals surface area (Å²) in [5.41, 5.74) is 0.944. The molecule has 0 aromatic carbocycles. The van der Waals surface area contributed by atoms with E-state index in [1.807, 2.05) is 37.5 Å². The van der Waals surface area contributed by atoms with Crippen molar-refractivity contribution in [1.82, 2.24) is 29.9 Å². The van der Waals surface area contributed by atoms with Gasteiger partial charge in [0, 0.05) is 24.5 Å². The first-order valence-electron chi connectivity index (χ1n) is 8.25. The van der Waals surface area contributed by atoms with E-state index in [0.717, 1.165) is 22.8 Å². The van der Waals surface area contributed by atoms with Crippen LogP contribution in [0.5, 0.6) is 0 Å². The third-order valence-corrected chi connectivity index (χ3v) is 5.69. The lowest BCUT2D eigenvalue weighted by molar-refractivity contribution is -0.115. The van der Waals surface area contributed by atoms with Crippen molar-refractivity contribution in [1.29, 1.82) is 0 Å². The number of amides is 1. The summed E-state index contributed by atoms with van der Waals surface area (Å²) in [6, 6.07) is 3.78. The molecule has 136 valence electrons. The van der Waals surface area contributed by atoms with E-state index in [1.165, 1.54) is 23.1 Å². The number of aromatic nitrogens is 6. The van der Waals surface area contributed by atoms with Gasteiger partial charge in [-0.15, -0.1) is 20.4 Å². The first kappa shape index (κ1) is 18.5. The predicted octanol–water partition coefficient (Wildman–Crippen LogP) is 2.89. The fourth-order valence-corrected chi connectivity index (χ4v) is 3.84. The number of hydrogen-bond acceptors (Lipinski definition) is 8. The van der Waals surface area contributed by atoms with Gasteiger partial charge in [-0.2, -0.15) is 0 Å². The molecular weight excluding hydrogens is 370 g/mol. The van der Waals surface area contributed by atoms with Crippen molar-refractivity contribution in [3.05, 3.63) is 29.5 Å². The molecule has 1 atom stereocenters. The molecule has 0 saturated carbocycles. The predicted molar refractivity (Wildman–Crippen MR) is 102 cm³/mol. The Morgan fingerprint density at radius 2 is 2.00 bits per heavy atom. The standard InChI is InChI=1S/C16H19N7OS2/c1-4-12-19-21-15(26-12)18-14(24)10(3)25-16-22-20-13(23(16)5-2)11-6-8-17-9-7-11/h6-10H,4-5H2,1-3H3,(H,18,21,24)/t10-/m1/s1. The Bertz CT molecular complexity index is 878. The molecule has 1 amide bonds. The van der Waals surface area contributed by atoms with Crippen molar-refractivity contribution in [2.45, 2.75) is 44.1 Å². The Balaban J connectivity index is 1.71. The molecule has 3 rings (SSSR count). The minimum Gasteiger partial charge on any atom is -0.302 e. The number of carbonyl (C=O) groups is 1. The molecule has 3 aromatic rings. The first-order valence-corrected chi connectivity index (χ1v) is 9.95. The lowest BCUT2D eigenvalue weighted by atomic mass is 10.2. The third kappa shape index (κ3) is 4.07. The Labute approximate surface area is 159 Å². The van der Waals surface area contributed by atoms with Crippen molar-refractivity contribution in [3.8, 4) is 11.4 Å². The summed E-state index contributed by atoms with van der Waals surface area (Å²) in [7, 11) is 0. The first-order chi connectivity index (χ1) is 12.6. The minimum absolute atomic E-state index is 0.134. The van der Waals surface area contributed by atoms with Crippen LogP contribution < -0.4 is 5.32 Å². The van der Waals surface area contributed by atoms with Gasteiger partial charge in [0.2, 0.25) is 11.0 Å². The zero-order valence-corrected chi connectivity index (χ0v) is 16.3. The van der Waals surface area contributed by atoms with Crippen LogP contribution in [0.15, 0.2) is 29.7 Å². The van der Waals surface area contributed by atoms with Gasteiger partial charge in [-0.05, 0) is 32.4 Å². The number of hydrogen-bond donors (Lipinski definition) is 1. The van der Waals surface area contributed by atoms with Crippen LogP contribution in [0, 0.1) is 0 Å². The van der Waals surface area contributed by atoms with Gasteiger partial charge in [-0.3, -0.25) is 15.1 Å². The number of nitrogens with zero attached hydrogens (tertiary/aromatic N) is 6. The van der Waals surface area contributed by atoms with Crippen molar-refractivity contribution >= 4 is 34.1 Å². The highest BCUT2D eigenvalue weighted by atomic mass is 32.2. The van der Waals surface area contributed by atoms with Gasteiger partial charge in [-0.1, -0.05) is 30.0 Å². The maximum absolute atomic E-state index is 12.4. The highest BCUT2D eigenvalue weighted by Crippen LogP contribution is 2.27. The van der Waals surface area contributed by atoms with Gasteiger partial charge in [0.15, 0.2) is 11.0 Å². The fraction of sp³-hybridized carbons (Fsp3) is 0.375. The molecule has 1 N–H and O–H groups in total. The summed E-state index contributed by atoms with van der Waals surface area (Å²) in [5.74, 6) is 0.631. The van der Waals surface area contributed by atoms with Crippen LogP contribution >= 0.6 is 23.1 Å². The van der Waals surface area contributed by atoms with E-state index in [9.17, 15) is 4.79 Å². The van der Waals surface area contributed by atoms with Crippen LogP contribution in [0.2, 0.25) is 0 Å². The normalized spacial score (nSPS) is 12.1. The number of anilines is 1. The van der Waals surface area contributed by atoms with Gasteiger partial charge in [-0.25, -0.2) is 0 Å². The van der Waals surface area contributed by atoms with Gasteiger partial charge >= 0.3 is 0 Å². The average molecular weight is 390 g/mol. The van der Waals surface area contributed by atoms with E-state index in [4.69, 9.17) is 0 Å². The van der Waals surface area contributed by atoms with Gasteiger partial charge in [0.25, 0.3) is 0 Å². The van der Waals surface area contributed by atoms with Crippen molar-refractivity contribution in [2.75, 3.05) is 5.32 Å². The SMILES string of the molecule is CCc1nnc(NC(=O)[C@@H](C)Sc2nnc(-c3ccncc3)n2CC)s1. The lowest BCUT2D eigenvalue weighted by Crippen LogP contribution is -2.22. The average Bonchev–Trinajstić information content (AvgIpc) is 3.28. The summed E-state index contributed by atoms with van der Waals surface area (Å²) in [4.78, 5) is 16.5. The quantitative estimate of drug-likeness (QED) is 0.620. The van der Waals surface area contributed by atoms with E-state index >= 15 is 0 Å². The molecule has 0 fully saturated rings. The molecule has 0 radical (unpaired) electrons. The molecular formula is C16H19N7OS2. The van der Waals surface area contributed by atoms with Crippen molar-refractivity contribution in [2.24, 2.45) is 0 Å². The van der Waals surface area contributed by atoms with E-state index < -0.39 is 0 Å². The van der Waals surface area contributed by atoms with E-state index in [-0.39, 0.29) is 11.2 Å². The Morgan fingerprint density at radius 1 is 1.23 bits per heavy atom. The molecule has 0 aliphatic rings. The molecule has 0 unspecified atom stereocenters. The number of carbonyl (C=O) groups excluding carboxylic acids is 1. The van der Waals surface area contributed by atoms with E-state index in [0.29, 0.717) is 16.8 Å². The molecule has 10 heteroatoms. The molecule has 0 spiro atoms. The lowest BCUT2D eigenvalue weighted by Gasteiger charge is -2.11. The van der Waals surface area contributed by atoms with Crippen LogP contribution in [0.3, 0.4) is 0 Å². The van der Waals surface area contributed by atoms with Gasteiger partial charge in [0.05, 0.1) is 5.25 Å². The largest absolute Gasteiger partial charge is 0.302 e. The summed E-state index contributed by atoms with van der Waals surface area (Å²) < 4.78 is 1.99. The highest BCUT2D eigenvalue weighted by Gasteiger charge is 2.21. The maximum Gasteiger partial charge on any atom is 0.239 e. The van der Waals surface area contributed by atoms with Crippen LogP contribution in [-0.2, 0) is 17.8 Å². The maximum atomic E-state index is 12.4. The summed E-state index contributed by atoms with van der Waals surface area (Å²) >= 11 is 2.76. The topological polar surface area (TPSA) is 98.5 Å². The van der Waals surface area contributed by atoms with Gasteiger partial charge in [0.1, 0.15) is 5.01 Å². The van der Waals surface area contributed by atoms with Crippen molar-refractivity contribution in [3.63, 3.8) is 0 Å². The number of rotatable bonds is 7. The van der Waals surface area contributed by atoms with Crippen molar-refractivity contribution < 1.29 is 4.79 Å². The minimum atomic E-state index is -0.344. The second kappa shape index (κ2) is 8.37. The molecule has 0 aliphatic heterocycles. The molecule has 8 nitrogen and oxygen atoms in total. The number of aryl methyl sites for hydroxylation is 1. The summed E-state index contributed by atoms with van der Waals surface area (Å²) in [5, 5.41) is 21.1. The van der Waals surface area contributed by atoms with Crippen LogP contribution in [0.1, 0.15) is 25.8 Å². The summed E-state index contributed by atoms with van der Waals surface area (Å²) in [6.07, 6.45) is 4.24. The fourth-order valence-electron chi connectivity index (χ4n) is 2.24. The molecule has 26 heavy (non-hydrogen) atoms. The molecule has 3 heterocycles. The molecule has 3 aromatic heterocycles. The Kier molecular flexibility index (Phi) is 5.94. The Hall–Kier alpha value is -2.33. The van der Waals surface area contributed by atoms with Crippen LogP contribution in [0.25, 0.3) is 11.4 Å². The number of pyridine rings is 1. The van der Waals surface area contributed by atoms with E-state index in [2.05, 4.69) is 30.7 Å². The monoisotopic (exact) mass is 389 g/mol. The second-order valence-electron chi connectivity index (χ2n) is 5.39. The number of nitrogens with one attached hydrogen (secondary N) is 1. The van der Waals surface area contributed by atoms with Crippen LogP contribution in [0.4, 0.5) is 5.13 Å². The molecule has 0 saturated heterocycles. The Morgan fingerprint density at radius 3 is 2.65 bits per heavy atom. The highest BCUT2D eigenvalue weighted by molar-refractivity contribution is 8.00. The zero-order valence-electron chi connectivity index (χ0n) is 14.7. The second-order valence-corrected chi connectivity index (χ2v) is 7.76. The third-order valence-electron chi connectivity index (χ3n) is 3.62. The number of thioether (sulfide) groups is 1. The summed E-state index contributed by atoms with van der Waals surface area (Å²) in [6.45, 7) is 6.57. The smallest absolute Gasteiger partial charge is 0.239 e. The van der Waals surface area contributed by atoms with Crippen LogP contribution in [-0.4, -0.2) is 41.1 Å². The molecule has 0 aliphatic carbocycles. The zero-order chi connectivity index (χ0) is 18.5. The van der Waals surface area contributed by atoms with E-state index in [1.54, 1.807) is 12.4 Å². The molecule has 0 bridgehead atoms.